The number of aliphatic carboxylic acids is 1. The van der Waals surface area contributed by atoms with Gasteiger partial charge in [0.1, 0.15) is 5.75 Å². The van der Waals surface area contributed by atoms with Gasteiger partial charge >= 0.3 is 5.97 Å². The van der Waals surface area contributed by atoms with Gasteiger partial charge in [-0.25, -0.2) is 0 Å². The molecular weight excluding hydrogens is 204 g/mol. The van der Waals surface area contributed by atoms with E-state index in [0.717, 1.165) is 36.1 Å². The van der Waals surface area contributed by atoms with E-state index in [1.807, 2.05) is 25.1 Å². The number of carboxylic acids is 1. The van der Waals surface area contributed by atoms with Crippen LogP contribution in [0.25, 0.3) is 0 Å². The second-order valence-electron chi connectivity index (χ2n) is 4.43. The number of benzene rings is 1. The van der Waals surface area contributed by atoms with Crippen molar-refractivity contribution in [2.24, 2.45) is 0 Å². The zero-order chi connectivity index (χ0) is 11.8. The Bertz CT molecular complexity index is 419. The molecule has 0 bridgehead atoms. The Balaban J connectivity index is 2.43. The van der Waals surface area contributed by atoms with Gasteiger partial charge in [0.15, 0.2) is 0 Å². The van der Waals surface area contributed by atoms with E-state index in [1.54, 1.807) is 7.11 Å². The molecule has 0 aromatic heterocycles. The van der Waals surface area contributed by atoms with Gasteiger partial charge in [-0.2, -0.15) is 0 Å². The third-order valence-corrected chi connectivity index (χ3v) is 3.58. The van der Waals surface area contributed by atoms with Gasteiger partial charge in [-0.05, 0) is 37.0 Å². The van der Waals surface area contributed by atoms with Crippen LogP contribution in [0.1, 0.15) is 30.4 Å². The summed E-state index contributed by atoms with van der Waals surface area (Å²) in [5, 5.41) is 9.33. The molecule has 0 spiro atoms. The van der Waals surface area contributed by atoms with E-state index < -0.39 is 11.4 Å². The number of aryl methyl sites for hydroxylation is 1. The lowest BCUT2D eigenvalue weighted by atomic mass is 9.64. The average Bonchev–Trinajstić information content (AvgIpc) is 2.18. The number of carbonyl (C=O) groups is 1. The summed E-state index contributed by atoms with van der Waals surface area (Å²) in [5.74, 6) is 0.0506. The normalized spacial score (nSPS) is 17.6. The Hall–Kier alpha value is -1.51. The summed E-state index contributed by atoms with van der Waals surface area (Å²) >= 11 is 0. The second kappa shape index (κ2) is 3.81. The fourth-order valence-electron chi connectivity index (χ4n) is 2.27. The summed E-state index contributed by atoms with van der Waals surface area (Å²) in [7, 11) is 1.61. The summed E-state index contributed by atoms with van der Waals surface area (Å²) < 4.78 is 5.24. The summed E-state index contributed by atoms with van der Waals surface area (Å²) in [4.78, 5) is 11.3. The molecule has 0 unspecified atom stereocenters. The highest BCUT2D eigenvalue weighted by Gasteiger charge is 2.46. The van der Waals surface area contributed by atoms with Crippen LogP contribution in [-0.2, 0) is 10.2 Å². The summed E-state index contributed by atoms with van der Waals surface area (Å²) in [6, 6.07) is 5.70. The van der Waals surface area contributed by atoms with Crippen molar-refractivity contribution in [3.63, 3.8) is 0 Å². The standard InChI is InChI=1S/C13H16O3/c1-9-4-5-10(8-11(9)16-2)13(12(14)15)6-3-7-13/h4-5,8H,3,6-7H2,1-2H3,(H,14,15). The van der Waals surface area contributed by atoms with Gasteiger partial charge in [-0.3, -0.25) is 4.79 Å². The number of carboxylic acid groups (broad SMARTS) is 1. The molecule has 86 valence electrons. The highest BCUT2D eigenvalue weighted by Crippen LogP contribution is 2.45. The van der Waals surface area contributed by atoms with Crippen molar-refractivity contribution in [2.45, 2.75) is 31.6 Å². The highest BCUT2D eigenvalue weighted by atomic mass is 16.5. The van der Waals surface area contributed by atoms with Crippen LogP contribution in [0, 0.1) is 6.92 Å². The predicted molar refractivity (Wildman–Crippen MR) is 60.9 cm³/mol. The average molecular weight is 220 g/mol. The molecule has 16 heavy (non-hydrogen) atoms. The Morgan fingerprint density at radius 2 is 2.12 bits per heavy atom. The molecule has 0 saturated heterocycles. The van der Waals surface area contributed by atoms with Crippen molar-refractivity contribution in [3.05, 3.63) is 29.3 Å². The van der Waals surface area contributed by atoms with E-state index >= 15 is 0 Å². The molecule has 0 atom stereocenters. The Morgan fingerprint density at radius 3 is 2.56 bits per heavy atom. The third kappa shape index (κ3) is 1.47. The first kappa shape index (κ1) is 11.0. The smallest absolute Gasteiger partial charge is 0.314 e. The fourth-order valence-corrected chi connectivity index (χ4v) is 2.27. The largest absolute Gasteiger partial charge is 0.496 e. The van der Waals surface area contributed by atoms with Crippen molar-refractivity contribution in [1.82, 2.24) is 0 Å². The molecule has 1 N–H and O–H groups in total. The van der Waals surface area contributed by atoms with Gasteiger partial charge in [0.25, 0.3) is 0 Å². The molecule has 1 aromatic carbocycles. The summed E-state index contributed by atoms with van der Waals surface area (Å²) in [5.41, 5.74) is 1.24. The lowest BCUT2D eigenvalue weighted by Gasteiger charge is -2.38. The molecule has 1 aromatic rings. The lowest BCUT2D eigenvalue weighted by Crippen LogP contribution is -2.42. The van der Waals surface area contributed by atoms with Gasteiger partial charge in [0.05, 0.1) is 12.5 Å². The number of methoxy groups -OCH3 is 1. The van der Waals surface area contributed by atoms with Crippen molar-refractivity contribution in [1.29, 1.82) is 0 Å². The molecular formula is C13H16O3. The maximum absolute atomic E-state index is 11.3. The zero-order valence-electron chi connectivity index (χ0n) is 9.62. The quantitative estimate of drug-likeness (QED) is 0.851. The molecule has 1 aliphatic carbocycles. The molecule has 3 nitrogen and oxygen atoms in total. The van der Waals surface area contributed by atoms with Gasteiger partial charge in [-0.15, -0.1) is 0 Å². The van der Waals surface area contributed by atoms with Gasteiger partial charge in [-0.1, -0.05) is 18.6 Å². The van der Waals surface area contributed by atoms with Crippen LogP contribution in [0.4, 0.5) is 0 Å². The first-order valence-electron chi connectivity index (χ1n) is 5.49. The summed E-state index contributed by atoms with van der Waals surface area (Å²) in [6.07, 6.45) is 2.45. The van der Waals surface area contributed by atoms with Crippen LogP contribution < -0.4 is 4.74 Å². The van der Waals surface area contributed by atoms with Crippen LogP contribution in [0.15, 0.2) is 18.2 Å². The minimum absolute atomic E-state index is 0.666. The lowest BCUT2D eigenvalue weighted by molar-refractivity contribution is -0.147. The van der Waals surface area contributed by atoms with Crippen LogP contribution in [-0.4, -0.2) is 18.2 Å². The molecule has 0 heterocycles. The number of hydrogen-bond donors (Lipinski definition) is 1. The van der Waals surface area contributed by atoms with Crippen LogP contribution >= 0.6 is 0 Å². The summed E-state index contributed by atoms with van der Waals surface area (Å²) in [6.45, 7) is 1.96. The first-order valence-corrected chi connectivity index (χ1v) is 5.49. The Labute approximate surface area is 95.0 Å². The van der Waals surface area contributed by atoms with E-state index in [9.17, 15) is 9.90 Å². The van der Waals surface area contributed by atoms with Crippen molar-refractivity contribution >= 4 is 5.97 Å². The maximum Gasteiger partial charge on any atom is 0.314 e. The predicted octanol–water partition coefficient (Wildman–Crippen LogP) is 2.51. The first-order chi connectivity index (χ1) is 7.60. The van der Waals surface area contributed by atoms with E-state index in [2.05, 4.69) is 0 Å². The van der Waals surface area contributed by atoms with Crippen molar-refractivity contribution in [3.8, 4) is 5.75 Å². The molecule has 1 aliphatic rings. The molecule has 3 heteroatoms. The minimum atomic E-state index is -0.718. The van der Waals surface area contributed by atoms with E-state index in [1.165, 1.54) is 0 Å². The van der Waals surface area contributed by atoms with Gasteiger partial charge in [0, 0.05) is 0 Å². The van der Waals surface area contributed by atoms with Crippen LogP contribution in [0.3, 0.4) is 0 Å². The van der Waals surface area contributed by atoms with Crippen molar-refractivity contribution < 1.29 is 14.6 Å². The molecule has 2 rings (SSSR count). The van der Waals surface area contributed by atoms with Crippen LogP contribution in [0.5, 0.6) is 5.75 Å². The second-order valence-corrected chi connectivity index (χ2v) is 4.43. The Kier molecular flexibility index (Phi) is 2.62. The number of hydrogen-bond acceptors (Lipinski definition) is 2. The SMILES string of the molecule is COc1cc(C2(C(=O)O)CCC2)ccc1C. The minimum Gasteiger partial charge on any atom is -0.496 e. The zero-order valence-corrected chi connectivity index (χ0v) is 9.62. The maximum atomic E-state index is 11.3. The van der Waals surface area contributed by atoms with E-state index in [4.69, 9.17) is 4.74 Å². The number of rotatable bonds is 3. The van der Waals surface area contributed by atoms with E-state index in [-0.39, 0.29) is 0 Å². The number of ether oxygens (including phenoxy) is 1. The van der Waals surface area contributed by atoms with Gasteiger partial charge in [0.2, 0.25) is 0 Å². The molecule has 1 fully saturated rings. The monoisotopic (exact) mass is 220 g/mol. The van der Waals surface area contributed by atoms with Crippen molar-refractivity contribution in [2.75, 3.05) is 7.11 Å². The Morgan fingerprint density at radius 1 is 1.44 bits per heavy atom. The fraction of sp³-hybridized carbons (Fsp3) is 0.462. The highest BCUT2D eigenvalue weighted by molar-refractivity contribution is 5.82. The molecule has 0 aliphatic heterocycles. The molecule has 0 radical (unpaired) electrons. The molecule has 0 amide bonds. The third-order valence-electron chi connectivity index (χ3n) is 3.58. The van der Waals surface area contributed by atoms with Gasteiger partial charge < -0.3 is 9.84 Å². The van der Waals surface area contributed by atoms with E-state index in [0.29, 0.717) is 0 Å². The molecule has 1 saturated carbocycles. The topological polar surface area (TPSA) is 46.5 Å². The van der Waals surface area contributed by atoms with Crippen LogP contribution in [0.2, 0.25) is 0 Å².